The number of rotatable bonds is 5. The van der Waals surface area contributed by atoms with Crippen LogP contribution in [0.15, 0.2) is 48.5 Å². The molecule has 2 rings (SSSR count). The van der Waals surface area contributed by atoms with Gasteiger partial charge in [0.2, 0.25) is 5.91 Å². The van der Waals surface area contributed by atoms with Crippen LogP contribution in [0.3, 0.4) is 0 Å². The number of amides is 2. The largest absolute Gasteiger partial charge is 0.445 e. The number of hydrogen-bond acceptors (Lipinski definition) is 4. The van der Waals surface area contributed by atoms with Crippen LogP contribution in [0.1, 0.15) is 12.5 Å². The molecule has 0 fully saturated rings. The van der Waals surface area contributed by atoms with Crippen LogP contribution in [0.4, 0.5) is 16.2 Å². The second kappa shape index (κ2) is 8.21. The third-order valence-corrected chi connectivity index (χ3v) is 3.45. The first-order valence-corrected chi connectivity index (χ1v) is 7.66. The van der Waals surface area contributed by atoms with Crippen molar-refractivity contribution < 1.29 is 14.3 Å². The zero-order valence-corrected chi connectivity index (χ0v) is 13.8. The topological polar surface area (TPSA) is 93.4 Å². The van der Waals surface area contributed by atoms with E-state index in [0.717, 1.165) is 5.56 Å². The molecule has 4 N–H and O–H groups in total. The van der Waals surface area contributed by atoms with Gasteiger partial charge in [0, 0.05) is 5.02 Å². The van der Waals surface area contributed by atoms with Crippen molar-refractivity contribution in [3.8, 4) is 0 Å². The van der Waals surface area contributed by atoms with E-state index in [1.54, 1.807) is 19.1 Å². The summed E-state index contributed by atoms with van der Waals surface area (Å²) in [5, 5.41) is 5.56. The summed E-state index contributed by atoms with van der Waals surface area (Å²) in [6.07, 6.45) is -0.675. The lowest BCUT2D eigenvalue weighted by atomic mass is 10.2. The van der Waals surface area contributed by atoms with Crippen molar-refractivity contribution in [1.29, 1.82) is 0 Å². The average molecular weight is 348 g/mol. The first kappa shape index (κ1) is 17.6. The molecule has 6 nitrogen and oxygen atoms in total. The Morgan fingerprint density at radius 2 is 1.92 bits per heavy atom. The molecule has 0 aliphatic rings. The van der Waals surface area contributed by atoms with Gasteiger partial charge in [0.15, 0.2) is 0 Å². The quantitative estimate of drug-likeness (QED) is 0.724. The first-order valence-electron chi connectivity index (χ1n) is 7.29. The third-order valence-electron chi connectivity index (χ3n) is 3.21. The summed E-state index contributed by atoms with van der Waals surface area (Å²) in [6.45, 7) is 1.68. The maximum absolute atomic E-state index is 12.1. The van der Waals surface area contributed by atoms with Crippen LogP contribution in [0.25, 0.3) is 0 Å². The van der Waals surface area contributed by atoms with Gasteiger partial charge in [-0.15, -0.1) is 0 Å². The molecule has 126 valence electrons. The summed E-state index contributed by atoms with van der Waals surface area (Å²) in [7, 11) is 0. The lowest BCUT2D eigenvalue weighted by molar-refractivity contribution is -0.117. The number of carbonyl (C=O) groups excluding carboxylic acids is 2. The van der Waals surface area contributed by atoms with E-state index in [1.807, 2.05) is 30.3 Å². The molecule has 2 aromatic carbocycles. The molecule has 0 saturated carbocycles. The van der Waals surface area contributed by atoms with Crippen LogP contribution in [0.5, 0.6) is 0 Å². The summed E-state index contributed by atoms with van der Waals surface area (Å²) in [5.74, 6) is -0.416. The van der Waals surface area contributed by atoms with Gasteiger partial charge in [0.05, 0.1) is 11.4 Å². The van der Waals surface area contributed by atoms with Gasteiger partial charge in [-0.3, -0.25) is 4.79 Å². The molecule has 0 aromatic heterocycles. The van der Waals surface area contributed by atoms with Crippen LogP contribution < -0.4 is 16.4 Å². The van der Waals surface area contributed by atoms with E-state index in [4.69, 9.17) is 22.1 Å². The van der Waals surface area contributed by atoms with Crippen molar-refractivity contribution in [3.05, 3.63) is 59.1 Å². The summed E-state index contributed by atoms with van der Waals surface area (Å²) < 4.78 is 5.07. The van der Waals surface area contributed by atoms with E-state index in [1.165, 1.54) is 6.07 Å². The molecule has 0 heterocycles. The van der Waals surface area contributed by atoms with E-state index in [9.17, 15) is 9.59 Å². The number of ether oxygens (including phenoxy) is 1. The Morgan fingerprint density at radius 3 is 2.58 bits per heavy atom. The van der Waals surface area contributed by atoms with E-state index < -0.39 is 18.0 Å². The molecular weight excluding hydrogens is 330 g/mol. The number of benzene rings is 2. The molecule has 0 saturated heterocycles. The number of carbonyl (C=O) groups is 2. The highest BCUT2D eigenvalue weighted by Gasteiger charge is 2.17. The van der Waals surface area contributed by atoms with Crippen LogP contribution in [0, 0.1) is 0 Å². The highest BCUT2D eigenvalue weighted by atomic mass is 35.5. The average Bonchev–Trinajstić information content (AvgIpc) is 2.56. The number of nitrogens with one attached hydrogen (secondary N) is 2. The summed E-state index contributed by atoms with van der Waals surface area (Å²) in [5.41, 5.74) is 7.40. The highest BCUT2D eigenvalue weighted by molar-refractivity contribution is 6.31. The van der Waals surface area contributed by atoms with Gasteiger partial charge in [-0.25, -0.2) is 4.79 Å². The van der Waals surface area contributed by atoms with E-state index >= 15 is 0 Å². The minimum atomic E-state index is -0.789. The van der Waals surface area contributed by atoms with Gasteiger partial charge in [-0.2, -0.15) is 0 Å². The number of halogens is 1. The fraction of sp³-hybridized carbons (Fsp3) is 0.176. The van der Waals surface area contributed by atoms with E-state index in [2.05, 4.69) is 10.6 Å². The van der Waals surface area contributed by atoms with E-state index in [0.29, 0.717) is 16.4 Å². The summed E-state index contributed by atoms with van der Waals surface area (Å²) in [6, 6.07) is 13.2. The molecule has 24 heavy (non-hydrogen) atoms. The Labute approximate surface area is 144 Å². The van der Waals surface area contributed by atoms with Crippen LogP contribution >= 0.6 is 11.6 Å². The number of alkyl carbamates (subject to hydrolysis) is 1. The summed E-state index contributed by atoms with van der Waals surface area (Å²) in [4.78, 5) is 23.8. The Balaban J connectivity index is 1.83. The van der Waals surface area contributed by atoms with Crippen molar-refractivity contribution >= 4 is 35.0 Å². The van der Waals surface area contributed by atoms with Gasteiger partial charge in [0.1, 0.15) is 12.6 Å². The normalized spacial score (nSPS) is 11.4. The number of anilines is 2. The molecule has 0 aliphatic carbocycles. The molecule has 7 heteroatoms. The van der Waals surface area contributed by atoms with Crippen LogP contribution in [-0.4, -0.2) is 18.0 Å². The molecular formula is C17H18ClN3O3. The van der Waals surface area contributed by atoms with Crippen molar-refractivity contribution in [3.63, 3.8) is 0 Å². The van der Waals surface area contributed by atoms with Crippen LogP contribution in [0.2, 0.25) is 5.02 Å². The van der Waals surface area contributed by atoms with Gasteiger partial charge >= 0.3 is 6.09 Å². The molecule has 0 aliphatic heterocycles. The van der Waals surface area contributed by atoms with Crippen molar-refractivity contribution in [2.75, 3.05) is 11.1 Å². The fourth-order valence-corrected chi connectivity index (χ4v) is 2.08. The number of hydrogen-bond donors (Lipinski definition) is 3. The smallest absolute Gasteiger partial charge is 0.408 e. The van der Waals surface area contributed by atoms with Crippen LogP contribution in [-0.2, 0) is 16.1 Å². The Morgan fingerprint density at radius 1 is 1.21 bits per heavy atom. The molecule has 0 radical (unpaired) electrons. The monoisotopic (exact) mass is 347 g/mol. The second-order valence-corrected chi connectivity index (χ2v) is 5.59. The Bertz CT molecular complexity index is 722. The predicted molar refractivity (Wildman–Crippen MR) is 93.7 cm³/mol. The molecule has 1 unspecified atom stereocenters. The number of nitrogens with two attached hydrogens (primary N) is 1. The highest BCUT2D eigenvalue weighted by Crippen LogP contribution is 2.22. The van der Waals surface area contributed by atoms with Crippen molar-refractivity contribution in [2.45, 2.75) is 19.6 Å². The maximum atomic E-state index is 12.1. The molecule has 0 bridgehead atoms. The first-order chi connectivity index (χ1) is 11.5. The van der Waals surface area contributed by atoms with Gasteiger partial charge in [-0.05, 0) is 30.7 Å². The molecule has 2 aromatic rings. The van der Waals surface area contributed by atoms with Gasteiger partial charge in [0.25, 0.3) is 0 Å². The Kier molecular flexibility index (Phi) is 6.03. The summed E-state index contributed by atoms with van der Waals surface area (Å²) >= 11 is 5.80. The molecule has 2 amide bonds. The minimum absolute atomic E-state index is 0.130. The standard InChI is InChI=1S/C17H18ClN3O3/c1-11(16(22)21-15-8-7-13(18)9-14(15)19)20-17(23)24-10-12-5-3-2-4-6-12/h2-9,11H,10,19H2,1H3,(H,20,23)(H,21,22). The minimum Gasteiger partial charge on any atom is -0.445 e. The zero-order valence-electron chi connectivity index (χ0n) is 13.1. The van der Waals surface area contributed by atoms with Crippen molar-refractivity contribution in [2.24, 2.45) is 0 Å². The van der Waals surface area contributed by atoms with Crippen molar-refractivity contribution in [1.82, 2.24) is 5.32 Å². The SMILES string of the molecule is CC(NC(=O)OCc1ccccc1)C(=O)Nc1ccc(Cl)cc1N. The second-order valence-electron chi connectivity index (χ2n) is 5.15. The lowest BCUT2D eigenvalue weighted by Crippen LogP contribution is -2.41. The third kappa shape index (κ3) is 5.17. The lowest BCUT2D eigenvalue weighted by Gasteiger charge is -2.15. The molecule has 1 atom stereocenters. The fourth-order valence-electron chi connectivity index (χ4n) is 1.90. The predicted octanol–water partition coefficient (Wildman–Crippen LogP) is 3.18. The zero-order chi connectivity index (χ0) is 17.5. The molecule has 0 spiro atoms. The maximum Gasteiger partial charge on any atom is 0.408 e. The Hall–Kier alpha value is -2.73. The number of nitrogen functional groups attached to an aromatic ring is 1. The van der Waals surface area contributed by atoms with Gasteiger partial charge < -0.3 is 21.1 Å². The van der Waals surface area contributed by atoms with Gasteiger partial charge in [-0.1, -0.05) is 41.9 Å². The van der Waals surface area contributed by atoms with E-state index in [-0.39, 0.29) is 6.61 Å².